The molecule has 1 fully saturated rings. The minimum absolute atomic E-state index is 0.190. The van der Waals surface area contributed by atoms with Crippen LogP contribution in [0.3, 0.4) is 0 Å². The Balaban J connectivity index is 1.97. The lowest BCUT2D eigenvalue weighted by atomic mass is 10.1. The number of ether oxygens (including phenoxy) is 1. The molecule has 0 aliphatic carbocycles. The van der Waals surface area contributed by atoms with Crippen LogP contribution in [-0.2, 0) is 22.7 Å². The fraction of sp³-hybridized carbons (Fsp3) is 0.462. The zero-order valence-electron chi connectivity index (χ0n) is 9.93. The first-order chi connectivity index (χ1) is 8.19. The van der Waals surface area contributed by atoms with Gasteiger partial charge in [0.05, 0.1) is 6.61 Å². The molecule has 0 bridgehead atoms. The first kappa shape index (κ1) is 12.5. The van der Waals surface area contributed by atoms with Crippen LogP contribution in [-0.4, -0.2) is 29.7 Å². The van der Waals surface area contributed by atoms with Crippen molar-refractivity contribution in [3.63, 3.8) is 0 Å². The van der Waals surface area contributed by atoms with Crippen LogP contribution in [0.5, 0.6) is 0 Å². The highest BCUT2D eigenvalue weighted by molar-refractivity contribution is 7.81. The smallest absolute Gasteiger partial charge is 0.224 e. The van der Waals surface area contributed by atoms with Crippen LogP contribution in [0.2, 0.25) is 0 Å². The van der Waals surface area contributed by atoms with Crippen molar-refractivity contribution in [2.45, 2.75) is 24.8 Å². The molecule has 1 aromatic carbocycles. The molecular formula is C13H17NO2S. The SMILES string of the molecule is COCc1ccc(CN2CC(S)CC2=O)cc1. The van der Waals surface area contributed by atoms with Gasteiger partial charge in [0, 0.05) is 31.9 Å². The van der Waals surface area contributed by atoms with Gasteiger partial charge in [-0.05, 0) is 11.1 Å². The average molecular weight is 251 g/mol. The second kappa shape index (κ2) is 5.56. The minimum Gasteiger partial charge on any atom is -0.380 e. The van der Waals surface area contributed by atoms with Crippen molar-refractivity contribution in [2.24, 2.45) is 0 Å². The topological polar surface area (TPSA) is 29.5 Å². The Labute approximate surface area is 107 Å². The molecule has 1 saturated heterocycles. The lowest BCUT2D eigenvalue weighted by Gasteiger charge is -2.16. The number of rotatable bonds is 4. The van der Waals surface area contributed by atoms with Crippen molar-refractivity contribution in [1.29, 1.82) is 0 Å². The molecular weight excluding hydrogens is 234 g/mol. The third-order valence-corrected chi connectivity index (χ3v) is 3.25. The van der Waals surface area contributed by atoms with Crippen LogP contribution in [0.4, 0.5) is 0 Å². The molecule has 0 radical (unpaired) electrons. The van der Waals surface area contributed by atoms with Gasteiger partial charge in [0.15, 0.2) is 0 Å². The van der Waals surface area contributed by atoms with Crippen molar-refractivity contribution in [3.8, 4) is 0 Å². The van der Waals surface area contributed by atoms with Gasteiger partial charge in [-0.2, -0.15) is 12.6 Å². The van der Waals surface area contributed by atoms with Crippen molar-refractivity contribution in [2.75, 3.05) is 13.7 Å². The molecule has 1 unspecified atom stereocenters. The van der Waals surface area contributed by atoms with E-state index in [1.807, 2.05) is 29.2 Å². The van der Waals surface area contributed by atoms with E-state index in [9.17, 15) is 4.79 Å². The number of carbonyl (C=O) groups excluding carboxylic acids is 1. The second-order valence-corrected chi connectivity index (χ2v) is 5.11. The van der Waals surface area contributed by atoms with Gasteiger partial charge in [0.25, 0.3) is 0 Å². The summed E-state index contributed by atoms with van der Waals surface area (Å²) in [7, 11) is 1.68. The Morgan fingerprint density at radius 3 is 2.53 bits per heavy atom. The maximum Gasteiger partial charge on any atom is 0.224 e. The fourth-order valence-corrected chi connectivity index (χ4v) is 2.39. The van der Waals surface area contributed by atoms with Gasteiger partial charge in [-0.1, -0.05) is 24.3 Å². The number of hydrogen-bond donors (Lipinski definition) is 1. The minimum atomic E-state index is 0.190. The number of methoxy groups -OCH3 is 1. The summed E-state index contributed by atoms with van der Waals surface area (Å²) in [6, 6.07) is 8.18. The predicted octanol–water partition coefficient (Wildman–Crippen LogP) is 1.86. The molecule has 1 aliphatic heterocycles. The van der Waals surface area contributed by atoms with Gasteiger partial charge in [-0.15, -0.1) is 0 Å². The highest BCUT2D eigenvalue weighted by Crippen LogP contribution is 2.18. The van der Waals surface area contributed by atoms with Crippen LogP contribution in [0, 0.1) is 0 Å². The molecule has 1 heterocycles. The van der Waals surface area contributed by atoms with E-state index in [-0.39, 0.29) is 11.2 Å². The Kier molecular flexibility index (Phi) is 4.07. The molecule has 3 nitrogen and oxygen atoms in total. The molecule has 0 spiro atoms. The molecule has 0 aromatic heterocycles. The van der Waals surface area contributed by atoms with E-state index in [0.29, 0.717) is 19.6 Å². The monoisotopic (exact) mass is 251 g/mol. The molecule has 2 rings (SSSR count). The number of hydrogen-bond acceptors (Lipinski definition) is 3. The number of carbonyl (C=O) groups is 1. The third kappa shape index (κ3) is 3.23. The summed E-state index contributed by atoms with van der Waals surface area (Å²) in [6.45, 7) is 2.06. The summed E-state index contributed by atoms with van der Waals surface area (Å²) in [5.74, 6) is 0.200. The van der Waals surface area contributed by atoms with E-state index in [2.05, 4.69) is 12.6 Å². The number of benzene rings is 1. The maximum absolute atomic E-state index is 11.6. The molecule has 17 heavy (non-hydrogen) atoms. The van der Waals surface area contributed by atoms with E-state index < -0.39 is 0 Å². The van der Waals surface area contributed by atoms with E-state index >= 15 is 0 Å². The molecule has 0 saturated carbocycles. The van der Waals surface area contributed by atoms with Gasteiger partial charge in [0.2, 0.25) is 5.91 Å². The molecule has 0 N–H and O–H groups in total. The lowest BCUT2D eigenvalue weighted by molar-refractivity contribution is -0.128. The first-order valence-electron chi connectivity index (χ1n) is 5.71. The van der Waals surface area contributed by atoms with E-state index in [1.54, 1.807) is 7.11 Å². The lowest BCUT2D eigenvalue weighted by Crippen LogP contribution is -2.24. The maximum atomic E-state index is 11.6. The number of nitrogens with zero attached hydrogens (tertiary/aromatic N) is 1. The zero-order valence-corrected chi connectivity index (χ0v) is 10.8. The van der Waals surface area contributed by atoms with Crippen molar-refractivity contribution >= 4 is 18.5 Å². The van der Waals surface area contributed by atoms with Crippen molar-refractivity contribution in [3.05, 3.63) is 35.4 Å². The van der Waals surface area contributed by atoms with Gasteiger partial charge >= 0.3 is 0 Å². The summed E-state index contributed by atoms with van der Waals surface area (Å²) < 4.78 is 5.06. The molecule has 1 aliphatic rings. The van der Waals surface area contributed by atoms with Crippen LogP contribution < -0.4 is 0 Å². The van der Waals surface area contributed by atoms with Crippen molar-refractivity contribution < 1.29 is 9.53 Å². The van der Waals surface area contributed by atoms with E-state index in [1.165, 1.54) is 0 Å². The average Bonchev–Trinajstić information content (AvgIpc) is 2.61. The number of thiol groups is 1. The Morgan fingerprint density at radius 2 is 2.00 bits per heavy atom. The van der Waals surface area contributed by atoms with E-state index in [4.69, 9.17) is 4.74 Å². The van der Waals surface area contributed by atoms with Crippen LogP contribution in [0.15, 0.2) is 24.3 Å². The second-order valence-electron chi connectivity index (χ2n) is 4.38. The molecule has 92 valence electrons. The highest BCUT2D eigenvalue weighted by atomic mass is 32.1. The third-order valence-electron chi connectivity index (χ3n) is 2.90. The van der Waals surface area contributed by atoms with E-state index in [0.717, 1.165) is 17.7 Å². The van der Waals surface area contributed by atoms with Gasteiger partial charge in [-0.3, -0.25) is 4.79 Å². The summed E-state index contributed by atoms with van der Waals surface area (Å²) in [5, 5.41) is 0.190. The predicted molar refractivity (Wildman–Crippen MR) is 70.0 cm³/mol. The molecule has 1 amide bonds. The summed E-state index contributed by atoms with van der Waals surface area (Å²) >= 11 is 4.34. The fourth-order valence-electron chi connectivity index (χ4n) is 2.03. The van der Waals surface area contributed by atoms with Crippen LogP contribution in [0.25, 0.3) is 0 Å². The summed E-state index contributed by atoms with van der Waals surface area (Å²) in [4.78, 5) is 13.5. The van der Waals surface area contributed by atoms with Gasteiger partial charge in [-0.25, -0.2) is 0 Å². The largest absolute Gasteiger partial charge is 0.380 e. The normalized spacial score (nSPS) is 20.0. The number of likely N-dealkylation sites (tertiary alicyclic amines) is 1. The van der Waals surface area contributed by atoms with Crippen LogP contribution in [0.1, 0.15) is 17.5 Å². The number of amides is 1. The zero-order chi connectivity index (χ0) is 12.3. The Morgan fingerprint density at radius 1 is 1.35 bits per heavy atom. The molecule has 4 heteroatoms. The van der Waals surface area contributed by atoms with Gasteiger partial charge in [0.1, 0.15) is 0 Å². The van der Waals surface area contributed by atoms with Crippen LogP contribution >= 0.6 is 12.6 Å². The standard InChI is InChI=1S/C13H17NO2S/c1-16-9-11-4-2-10(3-5-11)7-14-8-12(17)6-13(14)15/h2-5,12,17H,6-9H2,1H3. The Hall–Kier alpha value is -1.00. The molecule has 1 aromatic rings. The summed E-state index contributed by atoms with van der Waals surface area (Å²) in [6.07, 6.45) is 0.560. The summed E-state index contributed by atoms with van der Waals surface area (Å²) in [5.41, 5.74) is 2.30. The van der Waals surface area contributed by atoms with Crippen molar-refractivity contribution in [1.82, 2.24) is 4.90 Å². The quantitative estimate of drug-likeness (QED) is 0.828. The Bertz CT molecular complexity index is 391. The highest BCUT2D eigenvalue weighted by Gasteiger charge is 2.26. The van der Waals surface area contributed by atoms with Gasteiger partial charge < -0.3 is 9.64 Å². The first-order valence-corrected chi connectivity index (χ1v) is 6.23. The molecule has 1 atom stereocenters.